The van der Waals surface area contributed by atoms with Crippen LogP contribution < -0.4 is 11.1 Å². The molecular formula is C23H44N2O2S. The molecule has 1 amide bonds. The number of carbonyl (C=O) groups excluding carboxylic acids is 2. The summed E-state index contributed by atoms with van der Waals surface area (Å²) >= 11 is 4.48. The van der Waals surface area contributed by atoms with Crippen molar-refractivity contribution >= 4 is 25.3 Å². The molecule has 1 aromatic carbocycles. The molecule has 0 radical (unpaired) electrons. The Bertz CT molecular complexity index is 530. The Labute approximate surface area is 179 Å². The number of hydrogen-bond acceptors (Lipinski definition) is 4. The van der Waals surface area contributed by atoms with Crippen LogP contribution in [0.15, 0.2) is 11.0 Å². The number of thiol groups is 1. The third-order valence-corrected chi connectivity index (χ3v) is 4.79. The zero-order chi connectivity index (χ0) is 22.9. The molecule has 0 aliphatic heterocycles. The van der Waals surface area contributed by atoms with Gasteiger partial charge in [-0.05, 0) is 74.8 Å². The summed E-state index contributed by atoms with van der Waals surface area (Å²) in [6.07, 6.45) is 2.76. The number of nitrogens with one attached hydrogen (secondary N) is 1. The Morgan fingerprint density at radius 1 is 1.07 bits per heavy atom. The summed E-state index contributed by atoms with van der Waals surface area (Å²) < 4.78 is 0. The maximum Gasteiger partial charge on any atom is 0.220 e. The van der Waals surface area contributed by atoms with Gasteiger partial charge in [0.25, 0.3) is 0 Å². The fourth-order valence-corrected chi connectivity index (χ4v) is 2.78. The lowest BCUT2D eigenvalue weighted by Crippen LogP contribution is -2.27. The summed E-state index contributed by atoms with van der Waals surface area (Å²) in [5.74, 6) is 1.36. The molecule has 3 N–H and O–H groups in total. The van der Waals surface area contributed by atoms with Crippen LogP contribution in [0.3, 0.4) is 0 Å². The first-order valence-corrected chi connectivity index (χ1v) is 10.5. The second kappa shape index (κ2) is 19.0. The monoisotopic (exact) mass is 412 g/mol. The molecule has 0 atom stereocenters. The van der Waals surface area contributed by atoms with Crippen molar-refractivity contribution in [2.24, 2.45) is 17.6 Å². The molecule has 5 heteroatoms. The van der Waals surface area contributed by atoms with Crippen LogP contribution >= 0.6 is 12.6 Å². The van der Waals surface area contributed by atoms with Gasteiger partial charge >= 0.3 is 0 Å². The predicted molar refractivity (Wildman–Crippen MR) is 126 cm³/mol. The van der Waals surface area contributed by atoms with Gasteiger partial charge in [-0.1, -0.05) is 40.7 Å². The molecule has 0 aliphatic rings. The Morgan fingerprint density at radius 2 is 1.57 bits per heavy atom. The zero-order valence-corrected chi connectivity index (χ0v) is 20.5. The van der Waals surface area contributed by atoms with Crippen LogP contribution in [0.4, 0.5) is 0 Å². The van der Waals surface area contributed by atoms with Crippen molar-refractivity contribution in [2.75, 3.05) is 13.6 Å². The van der Waals surface area contributed by atoms with Crippen molar-refractivity contribution in [3.8, 4) is 0 Å². The lowest BCUT2D eigenvalue weighted by atomic mass is 9.98. The lowest BCUT2D eigenvalue weighted by molar-refractivity contribution is -0.121. The van der Waals surface area contributed by atoms with E-state index in [-0.39, 0.29) is 5.91 Å². The fourth-order valence-electron chi connectivity index (χ4n) is 2.58. The van der Waals surface area contributed by atoms with Gasteiger partial charge in [0.15, 0.2) is 0 Å². The van der Waals surface area contributed by atoms with Gasteiger partial charge < -0.3 is 15.8 Å². The van der Waals surface area contributed by atoms with E-state index in [0.717, 1.165) is 24.3 Å². The minimum Gasteiger partial charge on any atom is -0.356 e. The van der Waals surface area contributed by atoms with Crippen LogP contribution in [-0.2, 0) is 16.0 Å². The highest BCUT2D eigenvalue weighted by Crippen LogP contribution is 2.25. The smallest absolute Gasteiger partial charge is 0.220 e. The van der Waals surface area contributed by atoms with Crippen LogP contribution in [0.25, 0.3) is 0 Å². The van der Waals surface area contributed by atoms with Gasteiger partial charge in [0.1, 0.15) is 6.79 Å². The summed E-state index contributed by atoms with van der Waals surface area (Å²) in [6.45, 7) is 19.9. The SMILES string of the molecule is C=O.CC(C)CCC(=O)NCC(C)C.CCc1c(C)cc(C)c(S)c1C.CN. The first kappa shape index (κ1) is 31.4. The summed E-state index contributed by atoms with van der Waals surface area (Å²) in [7, 11) is 1.50. The Balaban J connectivity index is -0.000000379. The van der Waals surface area contributed by atoms with Crippen LogP contribution in [0.1, 0.15) is 69.7 Å². The van der Waals surface area contributed by atoms with Crippen molar-refractivity contribution in [3.05, 3.63) is 28.3 Å². The molecule has 0 saturated carbocycles. The van der Waals surface area contributed by atoms with Crippen LogP contribution in [0.5, 0.6) is 0 Å². The van der Waals surface area contributed by atoms with Gasteiger partial charge in [0, 0.05) is 17.9 Å². The molecule has 0 saturated heterocycles. The Hall–Kier alpha value is -1.33. The van der Waals surface area contributed by atoms with E-state index in [4.69, 9.17) is 4.79 Å². The number of rotatable bonds is 6. The normalized spacial score (nSPS) is 9.46. The zero-order valence-electron chi connectivity index (χ0n) is 19.6. The average molecular weight is 413 g/mol. The van der Waals surface area contributed by atoms with E-state index >= 15 is 0 Å². The van der Waals surface area contributed by atoms with Crippen molar-refractivity contribution in [1.29, 1.82) is 0 Å². The summed E-state index contributed by atoms with van der Waals surface area (Å²) in [5.41, 5.74) is 9.97. The van der Waals surface area contributed by atoms with E-state index in [1.165, 1.54) is 29.3 Å². The van der Waals surface area contributed by atoms with Gasteiger partial charge in [-0.3, -0.25) is 4.79 Å². The van der Waals surface area contributed by atoms with E-state index in [1.54, 1.807) is 0 Å². The minimum atomic E-state index is 0.192. The van der Waals surface area contributed by atoms with Crippen molar-refractivity contribution < 1.29 is 9.59 Å². The minimum absolute atomic E-state index is 0.192. The van der Waals surface area contributed by atoms with Gasteiger partial charge in [-0.2, -0.15) is 0 Å². The lowest BCUT2D eigenvalue weighted by Gasteiger charge is -2.12. The molecule has 4 nitrogen and oxygen atoms in total. The number of aryl methyl sites for hydroxylation is 2. The first-order valence-electron chi connectivity index (χ1n) is 10.0. The number of hydrogen-bond donors (Lipinski definition) is 3. The number of benzene rings is 1. The maximum atomic E-state index is 11.1. The van der Waals surface area contributed by atoms with Crippen molar-refractivity contribution in [1.82, 2.24) is 5.32 Å². The number of nitrogens with two attached hydrogens (primary N) is 1. The molecule has 0 bridgehead atoms. The molecule has 0 aliphatic carbocycles. The average Bonchev–Trinajstić information content (AvgIpc) is 2.67. The molecule has 0 fully saturated rings. The Morgan fingerprint density at radius 3 is 1.96 bits per heavy atom. The fraction of sp³-hybridized carbons (Fsp3) is 0.652. The highest BCUT2D eigenvalue weighted by Gasteiger charge is 2.06. The van der Waals surface area contributed by atoms with Crippen molar-refractivity contribution in [2.45, 2.75) is 79.5 Å². The molecule has 0 heterocycles. The second-order valence-electron chi connectivity index (χ2n) is 7.45. The van der Waals surface area contributed by atoms with Crippen molar-refractivity contribution in [3.63, 3.8) is 0 Å². The second-order valence-corrected chi connectivity index (χ2v) is 7.89. The van der Waals surface area contributed by atoms with Crippen LogP contribution in [-0.4, -0.2) is 26.3 Å². The Kier molecular flexibility index (Phi) is 21.3. The van der Waals surface area contributed by atoms with Gasteiger partial charge in [0.2, 0.25) is 5.91 Å². The molecule has 1 rings (SSSR count). The van der Waals surface area contributed by atoms with E-state index in [9.17, 15) is 4.79 Å². The van der Waals surface area contributed by atoms with E-state index in [1.807, 2.05) is 6.79 Å². The highest BCUT2D eigenvalue weighted by atomic mass is 32.1. The van der Waals surface area contributed by atoms with E-state index in [0.29, 0.717) is 18.3 Å². The molecule has 28 heavy (non-hydrogen) atoms. The first-order chi connectivity index (χ1) is 13.1. The van der Waals surface area contributed by atoms with Gasteiger partial charge in [-0.25, -0.2) is 0 Å². The van der Waals surface area contributed by atoms with E-state index < -0.39 is 0 Å². The van der Waals surface area contributed by atoms with Gasteiger partial charge in [0.05, 0.1) is 0 Å². The summed E-state index contributed by atoms with van der Waals surface area (Å²) in [4.78, 5) is 20.3. The summed E-state index contributed by atoms with van der Waals surface area (Å²) in [5, 5.41) is 2.90. The topological polar surface area (TPSA) is 72.2 Å². The quantitative estimate of drug-likeness (QED) is 0.573. The van der Waals surface area contributed by atoms with Gasteiger partial charge in [-0.15, -0.1) is 12.6 Å². The molecule has 0 unspecified atom stereocenters. The molecule has 1 aromatic rings. The molecular weight excluding hydrogens is 368 g/mol. The third kappa shape index (κ3) is 14.7. The third-order valence-electron chi connectivity index (χ3n) is 4.10. The number of amides is 1. The molecule has 0 spiro atoms. The predicted octanol–water partition coefficient (Wildman–Crippen LogP) is 5.05. The molecule has 164 valence electrons. The highest BCUT2D eigenvalue weighted by molar-refractivity contribution is 7.80. The number of carbonyl (C=O) groups is 2. The molecule has 0 aromatic heterocycles. The van der Waals surface area contributed by atoms with E-state index in [2.05, 4.69) is 85.1 Å². The van der Waals surface area contributed by atoms with Crippen LogP contribution in [0, 0.1) is 32.6 Å². The standard InChI is InChI=1S/C11H16S.C10H21NO.CH5N.CH2O/c1-5-10-7(2)6-8(3)11(12)9(10)4;1-8(2)5-6-10(12)11-7-9(3)4;2*1-2/h6,12H,5H2,1-4H3;8-9H,5-7H2,1-4H3,(H,11,12);2H2,1H3;1H2. The largest absolute Gasteiger partial charge is 0.356 e. The van der Waals surface area contributed by atoms with Crippen LogP contribution in [0.2, 0.25) is 0 Å². The maximum absolute atomic E-state index is 11.1. The summed E-state index contributed by atoms with van der Waals surface area (Å²) in [6, 6.07) is 2.22.